The van der Waals surface area contributed by atoms with Crippen molar-refractivity contribution in [2.75, 3.05) is 13.2 Å². The molecule has 9 N–H and O–H groups in total. The first kappa shape index (κ1) is 26.3. The standard InChI is InChI=1S/C25H26O13/c26-9-3-1-8(2-4-9)13-5-10(27)14-19(32)15(24-21(34)17(30)11(28)6-36-24)20(33)16(23(14)38-13)25-22(35)18(31)12(29)7-37-25/h1-5,11-12,17-18,21-22,24-26,28-35H,6-7H2/t11-,12-,17+,18-,21+,22-,24-,25-/m1/s1. The van der Waals surface area contributed by atoms with E-state index in [4.69, 9.17) is 13.9 Å². The molecule has 13 nitrogen and oxygen atoms in total. The Bertz CT molecular complexity index is 1400. The second kappa shape index (κ2) is 9.80. The van der Waals surface area contributed by atoms with Crippen LogP contribution in [0.15, 0.2) is 39.5 Å². The molecule has 0 amide bonds. The number of phenolic OH excluding ortho intramolecular Hbond substituents is 3. The van der Waals surface area contributed by atoms with Crippen molar-refractivity contribution in [1.82, 2.24) is 0 Å². The minimum absolute atomic E-state index is 0.0475. The molecule has 1 aromatic heterocycles. The molecule has 0 spiro atoms. The van der Waals surface area contributed by atoms with E-state index in [1.807, 2.05) is 0 Å². The summed E-state index contributed by atoms with van der Waals surface area (Å²) in [5.74, 6) is -1.80. The Morgan fingerprint density at radius 2 is 1.21 bits per heavy atom. The molecule has 2 saturated heterocycles. The Balaban J connectivity index is 1.80. The average Bonchev–Trinajstić information content (AvgIpc) is 2.88. The molecule has 0 aliphatic carbocycles. The van der Waals surface area contributed by atoms with Gasteiger partial charge in [0.2, 0.25) is 0 Å². The van der Waals surface area contributed by atoms with Crippen molar-refractivity contribution < 1.29 is 59.8 Å². The molecule has 3 heterocycles. The lowest BCUT2D eigenvalue weighted by Crippen LogP contribution is -2.49. The van der Waals surface area contributed by atoms with E-state index in [1.165, 1.54) is 24.3 Å². The summed E-state index contributed by atoms with van der Waals surface area (Å²) in [6, 6.07) is 6.60. The molecule has 5 rings (SSSR count). The van der Waals surface area contributed by atoms with E-state index < -0.39 is 101 Å². The van der Waals surface area contributed by atoms with Crippen molar-refractivity contribution in [3.8, 4) is 28.6 Å². The Kier molecular flexibility index (Phi) is 6.79. The van der Waals surface area contributed by atoms with Crippen molar-refractivity contribution in [2.45, 2.75) is 48.8 Å². The third kappa shape index (κ3) is 4.19. The van der Waals surface area contributed by atoms with Crippen LogP contribution in [0.3, 0.4) is 0 Å². The third-order valence-corrected chi connectivity index (χ3v) is 6.92. The van der Waals surface area contributed by atoms with Crippen LogP contribution in [0.4, 0.5) is 0 Å². The molecular formula is C25H26O13. The van der Waals surface area contributed by atoms with E-state index in [0.717, 1.165) is 6.07 Å². The first-order valence-corrected chi connectivity index (χ1v) is 11.7. The topological polar surface area (TPSA) is 231 Å². The number of rotatable bonds is 3. The summed E-state index contributed by atoms with van der Waals surface area (Å²) in [6.07, 6.45) is -13.3. The van der Waals surface area contributed by atoms with Gasteiger partial charge in [-0.25, -0.2) is 0 Å². The summed E-state index contributed by atoms with van der Waals surface area (Å²) in [6.45, 7) is -0.966. The zero-order valence-electron chi connectivity index (χ0n) is 19.6. The average molecular weight is 534 g/mol. The van der Waals surface area contributed by atoms with Crippen LogP contribution in [-0.2, 0) is 9.47 Å². The number of phenols is 3. The first-order valence-electron chi connectivity index (χ1n) is 11.7. The number of aliphatic hydroxyl groups excluding tert-OH is 6. The number of aromatic hydroxyl groups is 3. The second-order valence-corrected chi connectivity index (χ2v) is 9.36. The highest BCUT2D eigenvalue weighted by Crippen LogP contribution is 2.50. The van der Waals surface area contributed by atoms with Crippen molar-refractivity contribution in [3.05, 3.63) is 51.7 Å². The molecule has 0 unspecified atom stereocenters. The van der Waals surface area contributed by atoms with Crippen LogP contribution < -0.4 is 5.43 Å². The lowest BCUT2D eigenvalue weighted by molar-refractivity contribution is -0.191. The number of ether oxygens (including phenoxy) is 2. The van der Waals surface area contributed by atoms with Crippen LogP contribution in [-0.4, -0.2) is 95.8 Å². The van der Waals surface area contributed by atoms with Gasteiger partial charge in [0.05, 0.1) is 24.3 Å². The molecule has 2 aliphatic rings. The maximum absolute atomic E-state index is 13.3. The van der Waals surface area contributed by atoms with Crippen LogP contribution in [0, 0.1) is 0 Å². The van der Waals surface area contributed by atoms with Crippen molar-refractivity contribution in [3.63, 3.8) is 0 Å². The Morgan fingerprint density at radius 3 is 1.76 bits per heavy atom. The predicted octanol–water partition coefficient (Wildman–Crippen LogP) is -1.12. The highest BCUT2D eigenvalue weighted by atomic mass is 16.5. The predicted molar refractivity (Wildman–Crippen MR) is 126 cm³/mol. The van der Waals surface area contributed by atoms with Crippen molar-refractivity contribution >= 4 is 11.0 Å². The SMILES string of the molecule is O=c1cc(-c2ccc(O)cc2)oc2c([C@H]3OC[C@@H](O)[C@@H](O)[C@H]3O)c(O)c([C@H]3OC[C@@H](O)[C@H](O)[C@@H]3O)c(O)c12. The van der Waals surface area contributed by atoms with Gasteiger partial charge in [-0.05, 0) is 24.3 Å². The van der Waals surface area contributed by atoms with E-state index in [0.29, 0.717) is 5.56 Å². The zero-order valence-corrected chi connectivity index (χ0v) is 19.6. The quantitative estimate of drug-likeness (QED) is 0.194. The summed E-state index contributed by atoms with van der Waals surface area (Å²) in [5, 5.41) is 93.1. The molecule has 3 aromatic rings. The molecule has 2 aromatic carbocycles. The largest absolute Gasteiger partial charge is 0.508 e. The first-order chi connectivity index (χ1) is 18.0. The zero-order chi connectivity index (χ0) is 27.5. The van der Waals surface area contributed by atoms with E-state index in [-0.39, 0.29) is 11.5 Å². The minimum Gasteiger partial charge on any atom is -0.508 e. The van der Waals surface area contributed by atoms with Gasteiger partial charge in [0.15, 0.2) is 11.0 Å². The van der Waals surface area contributed by atoms with Gasteiger partial charge in [-0.15, -0.1) is 0 Å². The van der Waals surface area contributed by atoms with Gasteiger partial charge in [-0.3, -0.25) is 4.79 Å². The fourth-order valence-electron chi connectivity index (χ4n) is 4.83. The van der Waals surface area contributed by atoms with Gasteiger partial charge < -0.3 is 59.8 Å². The molecule has 204 valence electrons. The van der Waals surface area contributed by atoms with Crippen molar-refractivity contribution in [2.24, 2.45) is 0 Å². The van der Waals surface area contributed by atoms with Crippen molar-refractivity contribution in [1.29, 1.82) is 0 Å². The molecule has 0 saturated carbocycles. The Hall–Kier alpha value is -3.27. The van der Waals surface area contributed by atoms with Gasteiger partial charge in [-0.2, -0.15) is 0 Å². The summed E-state index contributed by atoms with van der Waals surface area (Å²) >= 11 is 0. The van der Waals surface area contributed by atoms with Gasteiger partial charge in [0, 0.05) is 11.6 Å². The molecule has 2 aliphatic heterocycles. The van der Waals surface area contributed by atoms with Crippen LogP contribution in [0.1, 0.15) is 23.3 Å². The fraction of sp³-hybridized carbons (Fsp3) is 0.400. The fourth-order valence-corrected chi connectivity index (χ4v) is 4.83. The maximum Gasteiger partial charge on any atom is 0.197 e. The highest BCUT2D eigenvalue weighted by Gasteiger charge is 2.46. The number of hydrogen-bond acceptors (Lipinski definition) is 13. The summed E-state index contributed by atoms with van der Waals surface area (Å²) in [7, 11) is 0. The summed E-state index contributed by atoms with van der Waals surface area (Å²) < 4.78 is 16.8. The van der Waals surface area contributed by atoms with E-state index in [2.05, 4.69) is 0 Å². The number of aliphatic hydroxyl groups is 6. The summed E-state index contributed by atoms with van der Waals surface area (Å²) in [4.78, 5) is 13.3. The van der Waals surface area contributed by atoms with Crippen LogP contribution >= 0.6 is 0 Å². The van der Waals surface area contributed by atoms with E-state index in [1.54, 1.807) is 0 Å². The van der Waals surface area contributed by atoms with Gasteiger partial charge in [0.25, 0.3) is 0 Å². The smallest absolute Gasteiger partial charge is 0.197 e. The second-order valence-electron chi connectivity index (χ2n) is 9.36. The number of hydrogen-bond donors (Lipinski definition) is 9. The van der Waals surface area contributed by atoms with Gasteiger partial charge in [0.1, 0.15) is 77.2 Å². The molecular weight excluding hydrogens is 508 g/mol. The van der Waals surface area contributed by atoms with Gasteiger partial charge in [-0.1, -0.05) is 0 Å². The van der Waals surface area contributed by atoms with Crippen LogP contribution in [0.5, 0.6) is 17.2 Å². The molecule has 0 radical (unpaired) electrons. The molecule has 38 heavy (non-hydrogen) atoms. The van der Waals surface area contributed by atoms with Crippen LogP contribution in [0.2, 0.25) is 0 Å². The number of benzene rings is 2. The maximum atomic E-state index is 13.3. The third-order valence-electron chi connectivity index (χ3n) is 6.92. The highest BCUT2D eigenvalue weighted by molar-refractivity contribution is 5.91. The monoisotopic (exact) mass is 534 g/mol. The molecule has 2 fully saturated rings. The minimum atomic E-state index is -1.85. The Labute approximate surface area is 213 Å². The molecule has 8 atom stereocenters. The van der Waals surface area contributed by atoms with Gasteiger partial charge >= 0.3 is 0 Å². The van der Waals surface area contributed by atoms with E-state index in [9.17, 15) is 50.8 Å². The van der Waals surface area contributed by atoms with Crippen LogP contribution in [0.25, 0.3) is 22.3 Å². The number of fused-ring (bicyclic) bond motifs is 1. The lowest BCUT2D eigenvalue weighted by Gasteiger charge is -2.38. The molecule has 13 heteroatoms. The molecule has 0 bridgehead atoms. The van der Waals surface area contributed by atoms with E-state index >= 15 is 0 Å². The summed E-state index contributed by atoms with van der Waals surface area (Å²) in [5.41, 5.74) is -1.86. The normalized spacial score (nSPS) is 31.9. The lowest BCUT2D eigenvalue weighted by atomic mass is 9.87. The Morgan fingerprint density at radius 1 is 0.684 bits per heavy atom.